The molecule has 0 aromatic heterocycles. The highest BCUT2D eigenvalue weighted by Crippen LogP contribution is 2.24. The van der Waals surface area contributed by atoms with Gasteiger partial charge in [0.1, 0.15) is 6.04 Å². The lowest BCUT2D eigenvalue weighted by atomic mass is 9.95. The van der Waals surface area contributed by atoms with Gasteiger partial charge in [0, 0.05) is 18.2 Å². The molecule has 26 heavy (non-hydrogen) atoms. The van der Waals surface area contributed by atoms with E-state index in [2.05, 4.69) is 5.32 Å². The summed E-state index contributed by atoms with van der Waals surface area (Å²) in [5.41, 5.74) is 2.46. The van der Waals surface area contributed by atoms with E-state index in [9.17, 15) is 14.4 Å². The molecule has 1 aliphatic carbocycles. The maximum atomic E-state index is 13.1. The molecule has 1 saturated carbocycles. The Bertz CT molecular complexity index is 687. The first-order valence-corrected chi connectivity index (χ1v) is 9.71. The Kier molecular flexibility index (Phi) is 5.74. The van der Waals surface area contributed by atoms with Crippen LogP contribution in [0.5, 0.6) is 0 Å². The van der Waals surface area contributed by atoms with Gasteiger partial charge in [-0.15, -0.1) is 0 Å². The van der Waals surface area contributed by atoms with E-state index in [1.165, 1.54) is 6.42 Å². The number of aryl methyl sites for hydroxylation is 2. The molecule has 3 rings (SSSR count). The molecule has 1 aromatic carbocycles. The summed E-state index contributed by atoms with van der Waals surface area (Å²) in [5, 5.41) is 2.89. The summed E-state index contributed by atoms with van der Waals surface area (Å²) < 4.78 is 0. The molecule has 2 aliphatic rings. The van der Waals surface area contributed by atoms with Crippen LogP contribution in [-0.2, 0) is 9.59 Å². The number of nitrogens with one attached hydrogen (secondary N) is 1. The summed E-state index contributed by atoms with van der Waals surface area (Å²) in [7, 11) is 0. The minimum Gasteiger partial charge on any atom is -0.347 e. The molecular weight excluding hydrogens is 328 g/mol. The summed E-state index contributed by atoms with van der Waals surface area (Å²) >= 11 is 0. The second-order valence-electron chi connectivity index (χ2n) is 7.60. The number of carbonyl (C=O) groups excluding carboxylic acids is 3. The van der Waals surface area contributed by atoms with Crippen molar-refractivity contribution < 1.29 is 14.4 Å². The van der Waals surface area contributed by atoms with E-state index in [-0.39, 0.29) is 11.9 Å². The molecule has 1 atom stereocenters. The van der Waals surface area contributed by atoms with Crippen molar-refractivity contribution in [3.8, 4) is 0 Å². The fourth-order valence-electron chi connectivity index (χ4n) is 4.23. The number of benzene rings is 1. The number of likely N-dealkylation sites (tertiary alicyclic amines) is 1. The summed E-state index contributed by atoms with van der Waals surface area (Å²) in [6.45, 7) is 4.34. The SMILES string of the molecule is Cc1cccc(C)c1C(=O)N1CCC[C@H]1C(=O)C(=O)NC1CCCCC1. The molecule has 0 bridgehead atoms. The Morgan fingerprint density at radius 1 is 0.962 bits per heavy atom. The van der Waals surface area contributed by atoms with E-state index >= 15 is 0 Å². The van der Waals surface area contributed by atoms with Crippen molar-refractivity contribution in [3.63, 3.8) is 0 Å². The predicted molar refractivity (Wildman–Crippen MR) is 100.0 cm³/mol. The van der Waals surface area contributed by atoms with Crippen LogP contribution < -0.4 is 5.32 Å². The quantitative estimate of drug-likeness (QED) is 0.844. The van der Waals surface area contributed by atoms with E-state index in [1.807, 2.05) is 32.0 Å². The average molecular weight is 356 g/mol. The number of amides is 2. The summed E-state index contributed by atoms with van der Waals surface area (Å²) in [6, 6.07) is 5.20. The number of hydrogen-bond acceptors (Lipinski definition) is 3. The minimum absolute atomic E-state index is 0.101. The van der Waals surface area contributed by atoms with Crippen molar-refractivity contribution in [1.29, 1.82) is 0 Å². The zero-order chi connectivity index (χ0) is 18.7. The molecule has 0 unspecified atom stereocenters. The van der Waals surface area contributed by atoms with E-state index in [0.717, 1.165) is 43.2 Å². The summed E-state index contributed by atoms with van der Waals surface area (Å²) in [6.07, 6.45) is 6.58. The normalized spacial score (nSPS) is 20.8. The number of rotatable bonds is 4. The van der Waals surface area contributed by atoms with E-state index in [0.29, 0.717) is 18.5 Å². The molecule has 5 nitrogen and oxygen atoms in total. The lowest BCUT2D eigenvalue weighted by Crippen LogP contribution is -2.49. The van der Waals surface area contributed by atoms with Crippen molar-refractivity contribution in [2.24, 2.45) is 0 Å². The highest BCUT2D eigenvalue weighted by molar-refractivity contribution is 6.38. The molecular formula is C21H28N2O3. The molecule has 1 saturated heterocycles. The van der Waals surface area contributed by atoms with Gasteiger partial charge >= 0.3 is 0 Å². The number of nitrogens with zero attached hydrogens (tertiary/aromatic N) is 1. The highest BCUT2D eigenvalue weighted by atomic mass is 16.2. The smallest absolute Gasteiger partial charge is 0.289 e. The molecule has 1 aliphatic heterocycles. The molecule has 140 valence electrons. The van der Waals surface area contributed by atoms with Gasteiger partial charge in [-0.2, -0.15) is 0 Å². The molecule has 1 heterocycles. The molecule has 0 spiro atoms. The van der Waals surface area contributed by atoms with Crippen molar-refractivity contribution >= 4 is 17.6 Å². The number of ketones is 1. The third kappa shape index (κ3) is 3.81. The predicted octanol–water partition coefficient (Wildman–Crippen LogP) is 2.93. The fourth-order valence-corrected chi connectivity index (χ4v) is 4.23. The standard InChI is InChI=1S/C21H28N2O3/c1-14-8-6-9-15(2)18(14)21(26)23-13-7-12-17(23)19(24)20(25)22-16-10-4-3-5-11-16/h6,8-9,16-17H,3-5,7,10-13H2,1-2H3,(H,22,25)/t17-/m0/s1. The topological polar surface area (TPSA) is 66.5 Å². The maximum absolute atomic E-state index is 13.1. The van der Waals surface area contributed by atoms with Crippen LogP contribution in [0.15, 0.2) is 18.2 Å². The van der Waals surface area contributed by atoms with Crippen LogP contribution in [0.25, 0.3) is 0 Å². The second kappa shape index (κ2) is 8.02. The van der Waals surface area contributed by atoms with E-state index in [4.69, 9.17) is 0 Å². The summed E-state index contributed by atoms with van der Waals surface area (Å²) in [4.78, 5) is 39.8. The largest absolute Gasteiger partial charge is 0.347 e. The highest BCUT2D eigenvalue weighted by Gasteiger charge is 2.38. The van der Waals surface area contributed by atoms with Crippen molar-refractivity contribution in [1.82, 2.24) is 10.2 Å². The molecule has 1 N–H and O–H groups in total. The Morgan fingerprint density at radius 3 is 2.27 bits per heavy atom. The lowest BCUT2D eigenvalue weighted by Gasteiger charge is -2.26. The van der Waals surface area contributed by atoms with Gasteiger partial charge in [-0.25, -0.2) is 0 Å². The third-order valence-corrected chi connectivity index (χ3v) is 5.68. The number of hydrogen-bond donors (Lipinski definition) is 1. The van der Waals surface area contributed by atoms with Gasteiger partial charge in [0.25, 0.3) is 11.8 Å². The van der Waals surface area contributed by atoms with Gasteiger partial charge in [-0.3, -0.25) is 14.4 Å². The van der Waals surface area contributed by atoms with Gasteiger partial charge in [0.15, 0.2) is 0 Å². The van der Waals surface area contributed by atoms with Crippen LogP contribution in [0.4, 0.5) is 0 Å². The molecule has 1 aromatic rings. The maximum Gasteiger partial charge on any atom is 0.289 e. The van der Waals surface area contributed by atoms with Crippen molar-refractivity contribution in [2.45, 2.75) is 70.9 Å². The van der Waals surface area contributed by atoms with Gasteiger partial charge < -0.3 is 10.2 Å². The Hall–Kier alpha value is -2.17. The zero-order valence-electron chi connectivity index (χ0n) is 15.7. The second-order valence-corrected chi connectivity index (χ2v) is 7.60. The van der Waals surface area contributed by atoms with Gasteiger partial charge in [-0.05, 0) is 50.7 Å². The minimum atomic E-state index is -0.634. The number of carbonyl (C=O) groups is 3. The van der Waals surface area contributed by atoms with Gasteiger partial charge in [0.2, 0.25) is 5.78 Å². The monoisotopic (exact) mass is 356 g/mol. The molecule has 2 fully saturated rings. The van der Waals surface area contributed by atoms with Crippen LogP contribution in [-0.4, -0.2) is 41.1 Å². The van der Waals surface area contributed by atoms with Gasteiger partial charge in [0.05, 0.1) is 0 Å². The molecule has 5 heteroatoms. The summed E-state index contributed by atoms with van der Waals surface area (Å²) in [5.74, 6) is -1.13. The molecule has 0 radical (unpaired) electrons. The third-order valence-electron chi connectivity index (χ3n) is 5.68. The van der Waals surface area contributed by atoms with Crippen LogP contribution in [0.3, 0.4) is 0 Å². The average Bonchev–Trinajstić information content (AvgIpc) is 3.11. The van der Waals surface area contributed by atoms with E-state index < -0.39 is 17.7 Å². The van der Waals surface area contributed by atoms with Crippen molar-refractivity contribution in [3.05, 3.63) is 34.9 Å². The lowest BCUT2D eigenvalue weighted by molar-refractivity contribution is -0.140. The molecule has 2 amide bonds. The first-order valence-electron chi connectivity index (χ1n) is 9.71. The van der Waals surface area contributed by atoms with Crippen LogP contribution in [0.2, 0.25) is 0 Å². The first-order chi connectivity index (χ1) is 12.5. The fraction of sp³-hybridized carbons (Fsp3) is 0.571. The zero-order valence-corrected chi connectivity index (χ0v) is 15.7. The van der Waals surface area contributed by atoms with Crippen molar-refractivity contribution in [2.75, 3.05) is 6.54 Å². The van der Waals surface area contributed by atoms with Crippen LogP contribution in [0.1, 0.15) is 66.4 Å². The number of Topliss-reactive ketones (excluding diaryl/α,β-unsaturated/α-hetero) is 1. The van der Waals surface area contributed by atoms with Gasteiger partial charge in [-0.1, -0.05) is 37.5 Å². The Labute approximate surface area is 155 Å². The Balaban J connectivity index is 1.71. The van der Waals surface area contributed by atoms with Crippen LogP contribution in [0, 0.1) is 13.8 Å². The van der Waals surface area contributed by atoms with Crippen LogP contribution >= 0.6 is 0 Å². The first kappa shape index (κ1) is 18.6. The van der Waals surface area contributed by atoms with E-state index in [1.54, 1.807) is 4.90 Å². The Morgan fingerprint density at radius 2 is 1.62 bits per heavy atom.